The number of benzene rings is 1. The van der Waals surface area contributed by atoms with Gasteiger partial charge < -0.3 is 15.2 Å². The summed E-state index contributed by atoms with van der Waals surface area (Å²) in [4.78, 5) is 0. The van der Waals surface area contributed by atoms with E-state index < -0.39 is 0 Å². The molecule has 0 fully saturated rings. The van der Waals surface area contributed by atoms with Gasteiger partial charge in [-0.15, -0.1) is 0 Å². The Bertz CT molecular complexity index is 450. The highest BCUT2D eigenvalue weighted by atomic mass is 16.5. The largest absolute Gasteiger partial charge is 0.496 e. The van der Waals surface area contributed by atoms with Gasteiger partial charge in [-0.25, -0.2) is 0 Å². The van der Waals surface area contributed by atoms with Gasteiger partial charge in [-0.3, -0.25) is 0 Å². The molecule has 0 aromatic heterocycles. The van der Waals surface area contributed by atoms with Crippen LogP contribution in [-0.4, -0.2) is 20.8 Å². The Balaban J connectivity index is 3.35. The summed E-state index contributed by atoms with van der Waals surface area (Å²) in [5.74, 6) is 2.18. The summed E-state index contributed by atoms with van der Waals surface area (Å²) in [5.41, 5.74) is 9.02. The van der Waals surface area contributed by atoms with Gasteiger partial charge in [-0.1, -0.05) is 19.9 Å². The first-order chi connectivity index (χ1) is 9.04. The smallest absolute Gasteiger partial charge is 0.126 e. The molecule has 106 valence electrons. The molecule has 3 nitrogen and oxygen atoms in total. The van der Waals surface area contributed by atoms with E-state index in [-0.39, 0.29) is 0 Å². The lowest BCUT2D eigenvalue weighted by molar-refractivity contribution is 0.399. The highest BCUT2D eigenvalue weighted by Crippen LogP contribution is 2.36. The van der Waals surface area contributed by atoms with E-state index in [1.807, 2.05) is 13.0 Å². The van der Waals surface area contributed by atoms with Gasteiger partial charge >= 0.3 is 0 Å². The monoisotopic (exact) mass is 263 g/mol. The van der Waals surface area contributed by atoms with Crippen LogP contribution in [0.15, 0.2) is 18.2 Å². The van der Waals surface area contributed by atoms with Crippen LogP contribution < -0.4 is 15.2 Å². The standard InChI is InChI=1S/C16H25NO2/c1-11(2)13(7-6-8-17)14-10-15(18-4)12(3)9-16(14)19-5/h7,9-11H,6,8,17H2,1-5H3/b13-7+. The zero-order chi connectivity index (χ0) is 14.4. The topological polar surface area (TPSA) is 44.5 Å². The third-order valence-electron chi connectivity index (χ3n) is 3.18. The van der Waals surface area contributed by atoms with Crippen LogP contribution in [-0.2, 0) is 0 Å². The van der Waals surface area contributed by atoms with Crippen LogP contribution in [0, 0.1) is 12.8 Å². The van der Waals surface area contributed by atoms with Crippen molar-refractivity contribution in [3.05, 3.63) is 29.3 Å². The van der Waals surface area contributed by atoms with Crippen LogP contribution >= 0.6 is 0 Å². The summed E-state index contributed by atoms with van der Waals surface area (Å²) in [6.45, 7) is 7.02. The van der Waals surface area contributed by atoms with Crippen molar-refractivity contribution < 1.29 is 9.47 Å². The fourth-order valence-corrected chi connectivity index (χ4v) is 2.17. The van der Waals surface area contributed by atoms with Gasteiger partial charge in [0.05, 0.1) is 14.2 Å². The molecule has 2 N–H and O–H groups in total. The van der Waals surface area contributed by atoms with Gasteiger partial charge in [0.15, 0.2) is 0 Å². The summed E-state index contributed by atoms with van der Waals surface area (Å²) in [6, 6.07) is 4.07. The molecule has 0 atom stereocenters. The maximum absolute atomic E-state index is 5.61. The van der Waals surface area contributed by atoms with E-state index in [1.165, 1.54) is 5.57 Å². The molecule has 0 saturated heterocycles. The van der Waals surface area contributed by atoms with E-state index >= 15 is 0 Å². The maximum Gasteiger partial charge on any atom is 0.126 e. The van der Waals surface area contributed by atoms with Crippen molar-refractivity contribution in [2.24, 2.45) is 11.7 Å². The molecule has 0 aliphatic rings. The van der Waals surface area contributed by atoms with Crippen molar-refractivity contribution in [3.63, 3.8) is 0 Å². The van der Waals surface area contributed by atoms with Gasteiger partial charge in [0.25, 0.3) is 0 Å². The van der Waals surface area contributed by atoms with E-state index in [0.29, 0.717) is 12.5 Å². The van der Waals surface area contributed by atoms with Crippen molar-refractivity contribution in [3.8, 4) is 11.5 Å². The molecule has 1 rings (SSSR count). The number of methoxy groups -OCH3 is 2. The van der Waals surface area contributed by atoms with E-state index in [9.17, 15) is 0 Å². The van der Waals surface area contributed by atoms with Gasteiger partial charge in [-0.05, 0) is 49.1 Å². The zero-order valence-electron chi connectivity index (χ0n) is 12.6. The third-order valence-corrected chi connectivity index (χ3v) is 3.18. The predicted molar refractivity (Wildman–Crippen MR) is 80.8 cm³/mol. The predicted octanol–water partition coefficient (Wildman–Crippen LogP) is 3.40. The minimum atomic E-state index is 0.410. The molecule has 0 aliphatic carbocycles. The number of nitrogens with two attached hydrogens (primary N) is 1. The Kier molecular flexibility index (Phi) is 5.90. The van der Waals surface area contributed by atoms with Crippen molar-refractivity contribution in [1.82, 2.24) is 0 Å². The van der Waals surface area contributed by atoms with Gasteiger partial charge in [0.2, 0.25) is 0 Å². The van der Waals surface area contributed by atoms with Crippen molar-refractivity contribution >= 4 is 5.57 Å². The third kappa shape index (κ3) is 3.74. The number of aryl methyl sites for hydroxylation is 1. The molecule has 3 heteroatoms. The van der Waals surface area contributed by atoms with Crippen LogP contribution in [0.25, 0.3) is 5.57 Å². The van der Waals surface area contributed by atoms with Crippen LogP contribution in [0.1, 0.15) is 31.4 Å². The molecular formula is C16H25NO2. The summed E-state index contributed by atoms with van der Waals surface area (Å²) in [5, 5.41) is 0. The van der Waals surface area contributed by atoms with Crippen molar-refractivity contribution in [1.29, 1.82) is 0 Å². The number of ether oxygens (including phenoxy) is 2. The molecule has 0 bridgehead atoms. The number of rotatable bonds is 6. The zero-order valence-corrected chi connectivity index (χ0v) is 12.6. The molecule has 0 amide bonds. The Hall–Kier alpha value is -1.48. The van der Waals surface area contributed by atoms with Crippen molar-refractivity contribution in [2.45, 2.75) is 27.2 Å². The minimum Gasteiger partial charge on any atom is -0.496 e. The maximum atomic E-state index is 5.61. The highest BCUT2D eigenvalue weighted by Gasteiger charge is 2.14. The van der Waals surface area contributed by atoms with Crippen LogP contribution in [0.5, 0.6) is 11.5 Å². The molecule has 0 saturated carbocycles. The molecule has 0 aliphatic heterocycles. The summed E-state index contributed by atoms with van der Waals surface area (Å²) in [6.07, 6.45) is 3.06. The highest BCUT2D eigenvalue weighted by molar-refractivity contribution is 5.73. The summed E-state index contributed by atoms with van der Waals surface area (Å²) >= 11 is 0. The quantitative estimate of drug-likeness (QED) is 0.855. The fourth-order valence-electron chi connectivity index (χ4n) is 2.17. The number of hydrogen-bond acceptors (Lipinski definition) is 3. The molecule has 1 aromatic rings. The molecular weight excluding hydrogens is 238 g/mol. The van der Waals surface area contributed by atoms with Crippen LogP contribution in [0.4, 0.5) is 0 Å². The second-order valence-corrected chi connectivity index (χ2v) is 4.91. The van der Waals surface area contributed by atoms with Crippen molar-refractivity contribution in [2.75, 3.05) is 20.8 Å². The van der Waals surface area contributed by atoms with Gasteiger partial charge in [-0.2, -0.15) is 0 Å². The average molecular weight is 263 g/mol. The first kappa shape index (κ1) is 15.6. The molecule has 19 heavy (non-hydrogen) atoms. The Morgan fingerprint density at radius 2 is 1.84 bits per heavy atom. The summed E-state index contributed by atoms with van der Waals surface area (Å²) in [7, 11) is 3.39. The van der Waals surface area contributed by atoms with E-state index in [1.54, 1.807) is 14.2 Å². The molecule has 0 radical (unpaired) electrons. The number of allylic oxidation sites excluding steroid dienone is 1. The molecule has 0 spiro atoms. The summed E-state index contributed by atoms with van der Waals surface area (Å²) < 4.78 is 10.9. The normalized spacial score (nSPS) is 11.8. The first-order valence-corrected chi connectivity index (χ1v) is 6.68. The first-order valence-electron chi connectivity index (χ1n) is 6.68. The molecule has 0 heterocycles. The minimum absolute atomic E-state index is 0.410. The Morgan fingerprint density at radius 3 is 2.32 bits per heavy atom. The van der Waals surface area contributed by atoms with Gasteiger partial charge in [0.1, 0.15) is 11.5 Å². The van der Waals surface area contributed by atoms with E-state index in [2.05, 4.69) is 26.0 Å². The average Bonchev–Trinajstić information content (AvgIpc) is 2.39. The second kappa shape index (κ2) is 7.19. The molecule has 1 aromatic carbocycles. The Labute approximate surface area is 116 Å². The Morgan fingerprint density at radius 1 is 1.21 bits per heavy atom. The second-order valence-electron chi connectivity index (χ2n) is 4.91. The fraction of sp³-hybridized carbons (Fsp3) is 0.500. The lowest BCUT2D eigenvalue weighted by atomic mass is 9.92. The number of hydrogen-bond donors (Lipinski definition) is 1. The molecule has 0 unspecified atom stereocenters. The lowest BCUT2D eigenvalue weighted by Crippen LogP contribution is -2.02. The van der Waals surface area contributed by atoms with Crippen LogP contribution in [0.3, 0.4) is 0 Å². The van der Waals surface area contributed by atoms with E-state index in [0.717, 1.165) is 29.0 Å². The SMILES string of the molecule is COc1cc(/C(=C/CCN)C(C)C)c(OC)cc1C. The van der Waals surface area contributed by atoms with Crippen LogP contribution in [0.2, 0.25) is 0 Å². The van der Waals surface area contributed by atoms with E-state index in [4.69, 9.17) is 15.2 Å². The lowest BCUT2D eigenvalue weighted by Gasteiger charge is -2.18. The van der Waals surface area contributed by atoms with Gasteiger partial charge in [0, 0.05) is 5.56 Å².